The van der Waals surface area contributed by atoms with Gasteiger partial charge in [0.15, 0.2) is 0 Å². The number of aliphatic hydroxyl groups excluding tert-OH is 1. The van der Waals surface area contributed by atoms with E-state index in [9.17, 15) is 20.1 Å². The van der Waals surface area contributed by atoms with Gasteiger partial charge in [-0.15, -0.1) is 0 Å². The first-order chi connectivity index (χ1) is 7.08. The molecule has 4 N–H and O–H groups in total. The molecule has 0 saturated heterocycles. The van der Waals surface area contributed by atoms with Crippen molar-refractivity contribution in [1.82, 2.24) is 0 Å². The molecular formula is C11H18O5. The summed E-state index contributed by atoms with van der Waals surface area (Å²) in [7, 11) is 0. The van der Waals surface area contributed by atoms with Crippen LogP contribution in [0.2, 0.25) is 0 Å². The van der Waals surface area contributed by atoms with Crippen LogP contribution in [0, 0.1) is 11.8 Å². The van der Waals surface area contributed by atoms with Crippen LogP contribution >= 0.6 is 0 Å². The summed E-state index contributed by atoms with van der Waals surface area (Å²) in [6, 6.07) is 0. The second-order valence-electron chi connectivity index (χ2n) is 4.88. The van der Waals surface area contributed by atoms with Crippen molar-refractivity contribution in [3.8, 4) is 0 Å². The van der Waals surface area contributed by atoms with Crippen LogP contribution in [-0.2, 0) is 4.79 Å². The molecule has 0 amide bonds. The summed E-state index contributed by atoms with van der Waals surface area (Å²) in [6.07, 6.45) is -1.44. The minimum Gasteiger partial charge on any atom is -0.481 e. The van der Waals surface area contributed by atoms with E-state index in [4.69, 9.17) is 5.11 Å². The topological polar surface area (TPSA) is 98.0 Å². The quantitative estimate of drug-likeness (QED) is 0.491. The van der Waals surface area contributed by atoms with Gasteiger partial charge in [0.25, 0.3) is 0 Å². The molecule has 0 spiro atoms. The van der Waals surface area contributed by atoms with Crippen LogP contribution < -0.4 is 0 Å². The molecule has 1 aliphatic rings. The number of rotatable bonds is 2. The monoisotopic (exact) mass is 230 g/mol. The van der Waals surface area contributed by atoms with Gasteiger partial charge < -0.3 is 20.4 Å². The SMILES string of the molecule is C=C1[C@@H](C(=O)O)[C@@](O)(C(C)C)[C@](C)(O)[C@@H]1O. The fourth-order valence-electron chi connectivity index (χ4n) is 2.58. The lowest BCUT2D eigenvalue weighted by molar-refractivity contribution is -0.198. The molecule has 16 heavy (non-hydrogen) atoms. The third-order valence-electron chi connectivity index (χ3n) is 3.63. The van der Waals surface area contributed by atoms with E-state index >= 15 is 0 Å². The molecule has 5 nitrogen and oxygen atoms in total. The van der Waals surface area contributed by atoms with Crippen molar-refractivity contribution < 1.29 is 25.2 Å². The standard InChI is InChI=1S/C11H18O5/c1-5(2)11(16)7(9(13)14)6(3)8(12)10(11,4)15/h5,7-8,12,15-16H,3H2,1-2,4H3,(H,13,14)/t7-,8+,10+,11-/m0/s1. The highest BCUT2D eigenvalue weighted by molar-refractivity contribution is 5.77. The molecule has 0 heterocycles. The molecule has 0 radical (unpaired) electrons. The average molecular weight is 230 g/mol. The highest BCUT2D eigenvalue weighted by Crippen LogP contribution is 2.50. The molecule has 1 rings (SSSR count). The Labute approximate surface area is 94.0 Å². The van der Waals surface area contributed by atoms with E-state index in [1.165, 1.54) is 6.92 Å². The molecule has 1 fully saturated rings. The Balaban J connectivity index is 3.40. The number of aliphatic hydroxyl groups is 3. The predicted molar refractivity (Wildman–Crippen MR) is 56.7 cm³/mol. The van der Waals surface area contributed by atoms with Crippen LogP contribution in [0.4, 0.5) is 0 Å². The van der Waals surface area contributed by atoms with Crippen LogP contribution in [-0.4, -0.2) is 43.7 Å². The van der Waals surface area contributed by atoms with Crippen LogP contribution in [0.15, 0.2) is 12.2 Å². The Morgan fingerprint density at radius 3 is 2.12 bits per heavy atom. The Kier molecular flexibility index (Phi) is 2.92. The van der Waals surface area contributed by atoms with Crippen LogP contribution in [0.25, 0.3) is 0 Å². The maximum Gasteiger partial charge on any atom is 0.313 e. The number of aliphatic carboxylic acids is 1. The Hall–Kier alpha value is -0.910. The molecular weight excluding hydrogens is 212 g/mol. The van der Waals surface area contributed by atoms with Gasteiger partial charge in [0.1, 0.15) is 23.2 Å². The number of hydrogen-bond acceptors (Lipinski definition) is 4. The van der Waals surface area contributed by atoms with Crippen molar-refractivity contribution >= 4 is 5.97 Å². The zero-order chi connectivity index (χ0) is 12.9. The van der Waals surface area contributed by atoms with E-state index < -0.39 is 35.1 Å². The Morgan fingerprint density at radius 2 is 1.88 bits per heavy atom. The molecule has 0 aromatic heterocycles. The summed E-state index contributed by atoms with van der Waals surface area (Å²) < 4.78 is 0. The molecule has 0 unspecified atom stereocenters. The van der Waals surface area contributed by atoms with Crippen molar-refractivity contribution in [2.24, 2.45) is 11.8 Å². The van der Waals surface area contributed by atoms with Gasteiger partial charge in [-0.25, -0.2) is 0 Å². The first kappa shape index (κ1) is 13.2. The summed E-state index contributed by atoms with van der Waals surface area (Å²) in [5, 5.41) is 39.4. The molecule has 1 saturated carbocycles. The second kappa shape index (κ2) is 3.55. The number of carbonyl (C=O) groups is 1. The fourth-order valence-corrected chi connectivity index (χ4v) is 2.58. The number of carboxylic acids is 1. The maximum absolute atomic E-state index is 11.1. The predicted octanol–water partition coefficient (Wildman–Crippen LogP) is -0.244. The van der Waals surface area contributed by atoms with Crippen molar-refractivity contribution in [2.75, 3.05) is 0 Å². The van der Waals surface area contributed by atoms with E-state index in [2.05, 4.69) is 6.58 Å². The first-order valence-electron chi connectivity index (χ1n) is 5.12. The maximum atomic E-state index is 11.1. The highest BCUT2D eigenvalue weighted by Gasteiger charge is 2.67. The first-order valence-corrected chi connectivity index (χ1v) is 5.12. The molecule has 0 bridgehead atoms. The minimum atomic E-state index is -1.92. The molecule has 0 aromatic carbocycles. The van der Waals surface area contributed by atoms with Gasteiger partial charge in [-0.1, -0.05) is 20.4 Å². The van der Waals surface area contributed by atoms with E-state index in [0.29, 0.717) is 0 Å². The van der Waals surface area contributed by atoms with Gasteiger partial charge in [0.05, 0.1) is 0 Å². The van der Waals surface area contributed by atoms with Crippen molar-refractivity contribution in [2.45, 2.75) is 38.1 Å². The van der Waals surface area contributed by atoms with Gasteiger partial charge in [0.2, 0.25) is 0 Å². The van der Waals surface area contributed by atoms with E-state index in [1.807, 2.05) is 0 Å². The van der Waals surface area contributed by atoms with E-state index in [0.717, 1.165) is 0 Å². The van der Waals surface area contributed by atoms with Gasteiger partial charge in [-0.3, -0.25) is 4.79 Å². The molecule has 92 valence electrons. The number of hydrogen-bond donors (Lipinski definition) is 4. The van der Waals surface area contributed by atoms with Gasteiger partial charge in [0, 0.05) is 0 Å². The molecule has 5 heteroatoms. The fraction of sp³-hybridized carbons (Fsp3) is 0.727. The molecule has 4 atom stereocenters. The molecule has 0 aromatic rings. The van der Waals surface area contributed by atoms with E-state index in [1.54, 1.807) is 13.8 Å². The van der Waals surface area contributed by atoms with Crippen LogP contribution in [0.3, 0.4) is 0 Å². The van der Waals surface area contributed by atoms with Crippen molar-refractivity contribution in [3.05, 3.63) is 12.2 Å². The van der Waals surface area contributed by atoms with Crippen LogP contribution in [0.5, 0.6) is 0 Å². The normalized spacial score (nSPS) is 44.1. The lowest BCUT2D eigenvalue weighted by Crippen LogP contribution is -2.60. The Morgan fingerprint density at radius 1 is 1.44 bits per heavy atom. The summed E-state index contributed by atoms with van der Waals surface area (Å²) in [4.78, 5) is 11.1. The zero-order valence-corrected chi connectivity index (χ0v) is 9.64. The van der Waals surface area contributed by atoms with E-state index in [-0.39, 0.29) is 5.57 Å². The third kappa shape index (κ3) is 1.32. The van der Waals surface area contributed by atoms with Crippen molar-refractivity contribution in [1.29, 1.82) is 0 Å². The highest BCUT2D eigenvalue weighted by atomic mass is 16.4. The second-order valence-corrected chi connectivity index (χ2v) is 4.88. The summed E-state index contributed by atoms with van der Waals surface area (Å²) >= 11 is 0. The minimum absolute atomic E-state index is 0.0614. The van der Waals surface area contributed by atoms with Gasteiger partial charge in [-0.2, -0.15) is 0 Å². The van der Waals surface area contributed by atoms with Crippen LogP contribution in [0.1, 0.15) is 20.8 Å². The average Bonchev–Trinajstić information content (AvgIpc) is 2.26. The smallest absolute Gasteiger partial charge is 0.313 e. The summed E-state index contributed by atoms with van der Waals surface area (Å²) in [6.45, 7) is 7.87. The number of carboxylic acid groups (broad SMARTS) is 1. The van der Waals surface area contributed by atoms with Crippen molar-refractivity contribution in [3.63, 3.8) is 0 Å². The Bertz CT molecular complexity index is 333. The third-order valence-corrected chi connectivity index (χ3v) is 3.63. The molecule has 1 aliphatic carbocycles. The summed E-state index contributed by atoms with van der Waals surface area (Å²) in [5.74, 6) is -3.19. The lowest BCUT2D eigenvalue weighted by Gasteiger charge is -2.41. The molecule has 0 aliphatic heterocycles. The zero-order valence-electron chi connectivity index (χ0n) is 9.64. The van der Waals surface area contributed by atoms with Gasteiger partial charge >= 0.3 is 5.97 Å². The largest absolute Gasteiger partial charge is 0.481 e. The van der Waals surface area contributed by atoms with Gasteiger partial charge in [-0.05, 0) is 18.4 Å². The lowest BCUT2D eigenvalue weighted by atomic mass is 9.73. The summed E-state index contributed by atoms with van der Waals surface area (Å²) in [5.41, 5.74) is -3.90.